The summed E-state index contributed by atoms with van der Waals surface area (Å²) in [5.41, 5.74) is 1.38. The number of methoxy groups -OCH3 is 2. The normalized spacial score (nSPS) is 10.0. The van der Waals surface area contributed by atoms with Gasteiger partial charge in [0.1, 0.15) is 11.5 Å². The third-order valence-corrected chi connectivity index (χ3v) is 3.55. The molecule has 0 aliphatic rings. The van der Waals surface area contributed by atoms with Gasteiger partial charge in [-0.2, -0.15) is 0 Å². The average Bonchev–Trinajstić information content (AvgIpc) is 2.56. The zero-order valence-electron chi connectivity index (χ0n) is 13.1. The molecule has 0 spiro atoms. The molecule has 0 bridgehead atoms. The van der Waals surface area contributed by atoms with Crippen LogP contribution in [0.1, 0.15) is 6.42 Å². The van der Waals surface area contributed by atoms with Crippen molar-refractivity contribution >= 4 is 28.9 Å². The summed E-state index contributed by atoms with van der Waals surface area (Å²) in [5, 5.41) is 6.58. The average molecular weight is 335 g/mol. The number of para-hydroxylation sites is 1. The van der Waals surface area contributed by atoms with Gasteiger partial charge in [-0.15, -0.1) is 0 Å². The Morgan fingerprint density at radius 3 is 2.57 bits per heavy atom. The van der Waals surface area contributed by atoms with E-state index in [0.717, 1.165) is 5.69 Å². The van der Waals surface area contributed by atoms with E-state index in [0.29, 0.717) is 35.2 Å². The number of benzene rings is 2. The Balaban J connectivity index is 1.91. The summed E-state index contributed by atoms with van der Waals surface area (Å²) in [6.07, 6.45) is 0.297. The lowest BCUT2D eigenvalue weighted by Crippen LogP contribution is -2.16. The molecule has 2 rings (SSSR count). The molecule has 0 radical (unpaired) electrons. The van der Waals surface area contributed by atoms with Crippen molar-refractivity contribution in [2.24, 2.45) is 0 Å². The highest BCUT2D eigenvalue weighted by Crippen LogP contribution is 2.29. The van der Waals surface area contributed by atoms with Crippen molar-refractivity contribution in [1.29, 1.82) is 0 Å². The Morgan fingerprint density at radius 2 is 1.87 bits per heavy atom. The number of hydrogen-bond acceptors (Lipinski definition) is 4. The first-order valence-electron chi connectivity index (χ1n) is 7.14. The van der Waals surface area contributed by atoms with Gasteiger partial charge in [0.15, 0.2) is 0 Å². The summed E-state index contributed by atoms with van der Waals surface area (Å²) in [6, 6.07) is 12.6. The summed E-state index contributed by atoms with van der Waals surface area (Å²) in [5.74, 6) is 1.10. The van der Waals surface area contributed by atoms with Gasteiger partial charge < -0.3 is 20.1 Å². The lowest BCUT2D eigenvalue weighted by Gasteiger charge is -2.12. The summed E-state index contributed by atoms with van der Waals surface area (Å²) in [6.45, 7) is 0.474. The van der Waals surface area contributed by atoms with Crippen LogP contribution < -0.4 is 20.1 Å². The van der Waals surface area contributed by atoms with Crippen LogP contribution in [0.2, 0.25) is 5.02 Å². The molecule has 0 aliphatic carbocycles. The number of anilines is 2. The van der Waals surface area contributed by atoms with E-state index in [1.54, 1.807) is 38.5 Å². The number of amides is 1. The van der Waals surface area contributed by atoms with Crippen LogP contribution in [0.25, 0.3) is 0 Å². The fourth-order valence-corrected chi connectivity index (χ4v) is 2.24. The second-order valence-corrected chi connectivity index (χ2v) is 5.18. The van der Waals surface area contributed by atoms with Gasteiger partial charge in [-0.1, -0.05) is 23.7 Å². The van der Waals surface area contributed by atoms with Crippen molar-refractivity contribution in [3.63, 3.8) is 0 Å². The summed E-state index contributed by atoms with van der Waals surface area (Å²) in [4.78, 5) is 12.1. The largest absolute Gasteiger partial charge is 0.497 e. The van der Waals surface area contributed by atoms with Gasteiger partial charge in [-0.05, 0) is 24.3 Å². The molecule has 122 valence electrons. The lowest BCUT2D eigenvalue weighted by atomic mass is 10.2. The molecule has 0 saturated carbocycles. The molecule has 5 nitrogen and oxygen atoms in total. The van der Waals surface area contributed by atoms with E-state index in [9.17, 15) is 4.79 Å². The predicted molar refractivity (Wildman–Crippen MR) is 92.7 cm³/mol. The maximum Gasteiger partial charge on any atom is 0.226 e. The van der Waals surface area contributed by atoms with Crippen LogP contribution in [0.3, 0.4) is 0 Å². The van der Waals surface area contributed by atoms with Gasteiger partial charge in [-0.25, -0.2) is 0 Å². The van der Waals surface area contributed by atoms with E-state index in [4.69, 9.17) is 21.1 Å². The molecule has 6 heteroatoms. The van der Waals surface area contributed by atoms with E-state index >= 15 is 0 Å². The first kappa shape index (κ1) is 17.0. The van der Waals surface area contributed by atoms with E-state index in [2.05, 4.69) is 10.6 Å². The number of carbonyl (C=O) groups is 1. The van der Waals surface area contributed by atoms with Crippen LogP contribution in [0.5, 0.6) is 11.5 Å². The van der Waals surface area contributed by atoms with Crippen LogP contribution in [0.15, 0.2) is 42.5 Å². The number of nitrogens with one attached hydrogen (secondary N) is 2. The van der Waals surface area contributed by atoms with Crippen LogP contribution in [0, 0.1) is 0 Å². The molecular formula is C17H19ClN2O3. The minimum atomic E-state index is -0.129. The lowest BCUT2D eigenvalue weighted by molar-refractivity contribution is -0.115. The molecule has 2 N–H and O–H groups in total. The Morgan fingerprint density at radius 1 is 1.09 bits per heavy atom. The number of carbonyl (C=O) groups excluding carboxylic acids is 1. The standard InChI is InChI=1S/C17H19ClN2O3/c1-22-12-7-8-16(23-2)15(11-12)20-17(21)9-10-19-14-6-4-3-5-13(14)18/h3-8,11,19H,9-10H2,1-2H3,(H,20,21). The Bertz CT molecular complexity index is 677. The first-order valence-corrected chi connectivity index (χ1v) is 7.52. The molecule has 0 heterocycles. The molecule has 0 saturated heterocycles. The molecular weight excluding hydrogens is 316 g/mol. The molecule has 23 heavy (non-hydrogen) atoms. The maximum atomic E-state index is 12.1. The van der Waals surface area contributed by atoms with E-state index in [-0.39, 0.29) is 5.91 Å². The second-order valence-electron chi connectivity index (χ2n) is 4.77. The second kappa shape index (κ2) is 8.29. The fraction of sp³-hybridized carbons (Fsp3) is 0.235. The van der Waals surface area contributed by atoms with Gasteiger partial charge in [0, 0.05) is 19.0 Å². The molecule has 0 unspecified atom stereocenters. The van der Waals surface area contributed by atoms with Crippen LogP contribution in [0.4, 0.5) is 11.4 Å². The van der Waals surface area contributed by atoms with Gasteiger partial charge in [0.2, 0.25) is 5.91 Å². The first-order chi connectivity index (χ1) is 11.1. The quantitative estimate of drug-likeness (QED) is 0.808. The van der Waals surface area contributed by atoms with Gasteiger partial charge in [-0.3, -0.25) is 4.79 Å². The van der Waals surface area contributed by atoms with Crippen LogP contribution >= 0.6 is 11.6 Å². The van der Waals surface area contributed by atoms with Crippen LogP contribution in [-0.4, -0.2) is 26.7 Å². The smallest absolute Gasteiger partial charge is 0.226 e. The highest BCUT2D eigenvalue weighted by molar-refractivity contribution is 6.33. The fourth-order valence-electron chi connectivity index (χ4n) is 2.04. The van der Waals surface area contributed by atoms with E-state index in [1.165, 1.54) is 0 Å². The summed E-state index contributed by atoms with van der Waals surface area (Å²) < 4.78 is 10.4. The topological polar surface area (TPSA) is 59.6 Å². The molecule has 2 aromatic rings. The monoisotopic (exact) mass is 334 g/mol. The highest BCUT2D eigenvalue weighted by atomic mass is 35.5. The molecule has 0 aromatic heterocycles. The minimum absolute atomic E-state index is 0.129. The van der Waals surface area contributed by atoms with Gasteiger partial charge >= 0.3 is 0 Å². The van der Waals surface area contributed by atoms with Gasteiger partial charge in [0.25, 0.3) is 0 Å². The Hall–Kier alpha value is -2.40. The maximum absolute atomic E-state index is 12.1. The predicted octanol–water partition coefficient (Wildman–Crippen LogP) is 3.80. The van der Waals surface area contributed by atoms with Crippen molar-refractivity contribution < 1.29 is 14.3 Å². The summed E-state index contributed by atoms with van der Waals surface area (Å²) >= 11 is 6.05. The number of ether oxygens (including phenoxy) is 2. The van der Waals surface area contributed by atoms with Crippen molar-refractivity contribution in [2.45, 2.75) is 6.42 Å². The van der Waals surface area contributed by atoms with E-state index in [1.807, 2.05) is 18.2 Å². The molecule has 0 atom stereocenters. The highest BCUT2D eigenvalue weighted by Gasteiger charge is 2.09. The van der Waals surface area contributed by atoms with Crippen molar-refractivity contribution in [3.05, 3.63) is 47.5 Å². The van der Waals surface area contributed by atoms with E-state index < -0.39 is 0 Å². The minimum Gasteiger partial charge on any atom is -0.497 e. The molecule has 0 aliphatic heterocycles. The summed E-state index contributed by atoms with van der Waals surface area (Å²) in [7, 11) is 3.12. The molecule has 2 aromatic carbocycles. The SMILES string of the molecule is COc1ccc(OC)c(NC(=O)CCNc2ccccc2Cl)c1. The number of hydrogen-bond donors (Lipinski definition) is 2. The third kappa shape index (κ3) is 4.79. The molecule has 1 amide bonds. The number of rotatable bonds is 7. The van der Waals surface area contributed by atoms with Crippen LogP contribution in [-0.2, 0) is 4.79 Å². The Kier molecular flexibility index (Phi) is 6.11. The molecule has 0 fully saturated rings. The Labute approximate surface area is 140 Å². The number of halogens is 1. The van der Waals surface area contributed by atoms with Crippen molar-refractivity contribution in [2.75, 3.05) is 31.4 Å². The zero-order chi connectivity index (χ0) is 16.7. The zero-order valence-corrected chi connectivity index (χ0v) is 13.8. The van der Waals surface area contributed by atoms with Crippen molar-refractivity contribution in [3.8, 4) is 11.5 Å². The third-order valence-electron chi connectivity index (χ3n) is 3.22. The van der Waals surface area contributed by atoms with Gasteiger partial charge in [0.05, 0.1) is 30.6 Å². The van der Waals surface area contributed by atoms with Crippen molar-refractivity contribution in [1.82, 2.24) is 0 Å².